The van der Waals surface area contributed by atoms with Crippen LogP contribution in [0.4, 0.5) is 11.6 Å². The van der Waals surface area contributed by atoms with Crippen LogP contribution in [0.15, 0.2) is 36.5 Å². The normalized spacial score (nSPS) is 12.3. The molecular formula is C13H16N4. The smallest absolute Gasteiger partial charge is 0.166 e. The molecule has 0 aliphatic carbocycles. The Morgan fingerprint density at radius 2 is 1.82 bits per heavy atom. The van der Waals surface area contributed by atoms with E-state index in [1.807, 2.05) is 18.2 Å². The SMILES string of the molecule is CCC(c1ccccc1)c1cnc(N)c(N)n1. The number of nitrogens with zero attached hydrogens (tertiary/aromatic N) is 2. The van der Waals surface area contributed by atoms with Crippen molar-refractivity contribution in [3.05, 3.63) is 47.8 Å². The van der Waals surface area contributed by atoms with E-state index in [2.05, 4.69) is 29.0 Å². The monoisotopic (exact) mass is 228 g/mol. The number of nitrogens with two attached hydrogens (primary N) is 2. The first-order valence-electron chi connectivity index (χ1n) is 5.65. The number of rotatable bonds is 3. The second-order valence-electron chi connectivity index (χ2n) is 3.94. The van der Waals surface area contributed by atoms with Gasteiger partial charge in [0.15, 0.2) is 11.6 Å². The molecule has 2 rings (SSSR count). The van der Waals surface area contributed by atoms with Crippen molar-refractivity contribution in [2.24, 2.45) is 0 Å². The lowest BCUT2D eigenvalue weighted by atomic mass is 9.93. The molecule has 0 spiro atoms. The molecule has 17 heavy (non-hydrogen) atoms. The van der Waals surface area contributed by atoms with Crippen molar-refractivity contribution in [2.45, 2.75) is 19.3 Å². The Balaban J connectivity index is 2.39. The first kappa shape index (κ1) is 11.4. The fourth-order valence-electron chi connectivity index (χ4n) is 1.90. The quantitative estimate of drug-likeness (QED) is 0.844. The second-order valence-corrected chi connectivity index (χ2v) is 3.94. The molecule has 1 aromatic heterocycles. The van der Waals surface area contributed by atoms with Crippen LogP contribution in [0.2, 0.25) is 0 Å². The third kappa shape index (κ3) is 2.36. The highest BCUT2D eigenvalue weighted by molar-refractivity contribution is 5.52. The zero-order valence-corrected chi connectivity index (χ0v) is 9.80. The van der Waals surface area contributed by atoms with E-state index < -0.39 is 0 Å². The molecular weight excluding hydrogens is 212 g/mol. The van der Waals surface area contributed by atoms with Crippen molar-refractivity contribution >= 4 is 11.6 Å². The molecule has 0 aliphatic heterocycles. The van der Waals surface area contributed by atoms with Crippen LogP contribution in [-0.4, -0.2) is 9.97 Å². The van der Waals surface area contributed by atoms with Crippen LogP contribution < -0.4 is 11.5 Å². The van der Waals surface area contributed by atoms with Crippen molar-refractivity contribution < 1.29 is 0 Å². The van der Waals surface area contributed by atoms with Gasteiger partial charge in [0.25, 0.3) is 0 Å². The van der Waals surface area contributed by atoms with E-state index in [1.165, 1.54) is 5.56 Å². The summed E-state index contributed by atoms with van der Waals surface area (Å²) in [6.45, 7) is 2.12. The highest BCUT2D eigenvalue weighted by atomic mass is 15.0. The minimum absolute atomic E-state index is 0.214. The number of anilines is 2. The van der Waals surface area contributed by atoms with Crippen LogP contribution in [-0.2, 0) is 0 Å². The van der Waals surface area contributed by atoms with E-state index in [0.29, 0.717) is 5.82 Å². The molecule has 0 fully saturated rings. The summed E-state index contributed by atoms with van der Waals surface area (Å²) in [4.78, 5) is 8.37. The van der Waals surface area contributed by atoms with Crippen LogP contribution in [0.1, 0.15) is 30.5 Å². The van der Waals surface area contributed by atoms with Gasteiger partial charge in [-0.25, -0.2) is 9.97 Å². The Kier molecular flexibility index (Phi) is 3.23. The predicted octanol–water partition coefficient (Wildman–Crippen LogP) is 2.18. The van der Waals surface area contributed by atoms with Crippen molar-refractivity contribution in [3.63, 3.8) is 0 Å². The van der Waals surface area contributed by atoms with Crippen LogP contribution in [0.3, 0.4) is 0 Å². The fraction of sp³-hybridized carbons (Fsp3) is 0.231. The minimum Gasteiger partial charge on any atom is -0.381 e. The van der Waals surface area contributed by atoms with Gasteiger partial charge in [-0.3, -0.25) is 0 Å². The second kappa shape index (κ2) is 4.82. The van der Waals surface area contributed by atoms with Gasteiger partial charge in [-0.1, -0.05) is 37.3 Å². The summed E-state index contributed by atoms with van der Waals surface area (Å²) in [6, 6.07) is 10.2. The molecule has 0 amide bonds. The zero-order valence-electron chi connectivity index (χ0n) is 9.80. The summed E-state index contributed by atoms with van der Waals surface area (Å²) >= 11 is 0. The predicted molar refractivity (Wildman–Crippen MR) is 69.4 cm³/mol. The highest BCUT2D eigenvalue weighted by Crippen LogP contribution is 2.26. The van der Waals surface area contributed by atoms with Crippen molar-refractivity contribution in [3.8, 4) is 0 Å². The average molecular weight is 228 g/mol. The molecule has 88 valence electrons. The van der Waals surface area contributed by atoms with Crippen LogP contribution in [0.25, 0.3) is 0 Å². The fourth-order valence-corrected chi connectivity index (χ4v) is 1.90. The van der Waals surface area contributed by atoms with Gasteiger partial charge < -0.3 is 11.5 Å². The maximum atomic E-state index is 5.69. The maximum absolute atomic E-state index is 5.69. The zero-order chi connectivity index (χ0) is 12.3. The third-order valence-electron chi connectivity index (χ3n) is 2.82. The van der Waals surface area contributed by atoms with Crippen molar-refractivity contribution in [1.82, 2.24) is 9.97 Å². The first-order valence-corrected chi connectivity index (χ1v) is 5.65. The number of benzene rings is 1. The summed E-state index contributed by atoms with van der Waals surface area (Å²) < 4.78 is 0. The Bertz CT molecular complexity index is 496. The Morgan fingerprint density at radius 1 is 1.12 bits per heavy atom. The first-order chi connectivity index (χ1) is 8.22. The molecule has 0 radical (unpaired) electrons. The topological polar surface area (TPSA) is 77.8 Å². The van der Waals surface area contributed by atoms with Gasteiger partial charge in [-0.05, 0) is 12.0 Å². The van der Waals surface area contributed by atoms with E-state index >= 15 is 0 Å². The summed E-state index contributed by atoms with van der Waals surface area (Å²) in [5.41, 5.74) is 13.3. The van der Waals surface area contributed by atoms with E-state index in [4.69, 9.17) is 11.5 Å². The van der Waals surface area contributed by atoms with Gasteiger partial charge in [0.05, 0.1) is 11.9 Å². The molecule has 4 nitrogen and oxygen atoms in total. The van der Waals surface area contributed by atoms with Gasteiger partial charge in [-0.2, -0.15) is 0 Å². The van der Waals surface area contributed by atoms with Crippen LogP contribution in [0.5, 0.6) is 0 Å². The Morgan fingerprint density at radius 3 is 2.41 bits per heavy atom. The van der Waals surface area contributed by atoms with E-state index in [-0.39, 0.29) is 11.7 Å². The molecule has 1 unspecified atom stereocenters. The summed E-state index contributed by atoms with van der Waals surface area (Å²) in [7, 11) is 0. The minimum atomic E-state index is 0.214. The largest absolute Gasteiger partial charge is 0.381 e. The molecule has 1 heterocycles. The molecule has 4 heteroatoms. The van der Waals surface area contributed by atoms with Gasteiger partial charge >= 0.3 is 0 Å². The van der Waals surface area contributed by atoms with Gasteiger partial charge in [0.1, 0.15) is 0 Å². The lowest BCUT2D eigenvalue weighted by Gasteiger charge is -2.15. The van der Waals surface area contributed by atoms with E-state index in [1.54, 1.807) is 6.20 Å². The Hall–Kier alpha value is -2.10. The molecule has 1 atom stereocenters. The lowest BCUT2D eigenvalue weighted by Crippen LogP contribution is -2.08. The number of aromatic nitrogens is 2. The van der Waals surface area contributed by atoms with Crippen LogP contribution >= 0.6 is 0 Å². The summed E-state index contributed by atoms with van der Waals surface area (Å²) in [6.07, 6.45) is 2.65. The molecule has 0 aliphatic rings. The molecule has 4 N–H and O–H groups in total. The Labute approximate surface area is 101 Å². The summed E-state index contributed by atoms with van der Waals surface area (Å²) in [5.74, 6) is 0.806. The molecule has 0 saturated heterocycles. The maximum Gasteiger partial charge on any atom is 0.166 e. The number of hydrogen-bond donors (Lipinski definition) is 2. The van der Waals surface area contributed by atoms with E-state index in [0.717, 1.165) is 12.1 Å². The third-order valence-corrected chi connectivity index (χ3v) is 2.82. The van der Waals surface area contributed by atoms with Crippen molar-refractivity contribution in [1.29, 1.82) is 0 Å². The standard InChI is InChI=1S/C13H16N4/c1-2-10(9-6-4-3-5-7-9)11-8-16-12(14)13(15)17-11/h3-8,10H,2H2,1H3,(H2,14,16)(H2,15,17). The molecule has 1 aromatic carbocycles. The number of hydrogen-bond acceptors (Lipinski definition) is 4. The molecule has 0 saturated carbocycles. The van der Waals surface area contributed by atoms with Gasteiger partial charge in [-0.15, -0.1) is 0 Å². The van der Waals surface area contributed by atoms with Crippen molar-refractivity contribution in [2.75, 3.05) is 11.5 Å². The van der Waals surface area contributed by atoms with E-state index in [9.17, 15) is 0 Å². The summed E-state index contributed by atoms with van der Waals surface area (Å²) in [5, 5.41) is 0. The van der Waals surface area contributed by atoms with Crippen LogP contribution in [0, 0.1) is 0 Å². The van der Waals surface area contributed by atoms with Gasteiger partial charge in [0.2, 0.25) is 0 Å². The lowest BCUT2D eigenvalue weighted by molar-refractivity contribution is 0.745. The highest BCUT2D eigenvalue weighted by Gasteiger charge is 2.14. The molecule has 2 aromatic rings. The average Bonchev–Trinajstić information content (AvgIpc) is 2.36. The molecule has 0 bridgehead atoms. The van der Waals surface area contributed by atoms with Gasteiger partial charge in [0, 0.05) is 5.92 Å². The number of nitrogen functional groups attached to an aromatic ring is 2.